The zero-order chi connectivity index (χ0) is 23.6. The van der Waals surface area contributed by atoms with E-state index in [2.05, 4.69) is 9.97 Å². The number of benzene rings is 2. The van der Waals surface area contributed by atoms with Crippen LogP contribution in [0.25, 0.3) is 11.0 Å². The molecule has 170 valence electrons. The van der Waals surface area contributed by atoms with E-state index in [4.69, 9.17) is 21.1 Å². The third kappa shape index (κ3) is 4.72. The number of carbonyl (C=O) groups excluding carboxylic acids is 1. The lowest BCUT2D eigenvalue weighted by Crippen LogP contribution is -2.08. The minimum Gasteiger partial charge on any atom is -0.489 e. The van der Waals surface area contributed by atoms with Crippen molar-refractivity contribution >= 4 is 38.3 Å². The molecule has 7 nitrogen and oxygen atoms in total. The minimum absolute atomic E-state index is 0.0671. The Morgan fingerprint density at radius 1 is 1.09 bits per heavy atom. The van der Waals surface area contributed by atoms with E-state index in [1.54, 1.807) is 42.7 Å². The highest BCUT2D eigenvalue weighted by Gasteiger charge is 2.22. The molecule has 0 aliphatic carbocycles. The standard InChI is InChI=1S/C24H21ClN2O5S/c1-3-31-23-18(22(28)19-13-27-24-17(19)7-5-11-26-24)6-4-8-21(23)32-14-15-9-10-16(12-20(15)25)33(2,29)30/h4-13H,3,14H2,1-2H3,(H,26,27). The molecule has 0 aliphatic rings. The van der Waals surface area contributed by atoms with Crippen molar-refractivity contribution in [3.63, 3.8) is 0 Å². The molecule has 4 aromatic rings. The molecular formula is C24H21ClN2O5S. The molecule has 0 saturated carbocycles. The average Bonchev–Trinajstić information content (AvgIpc) is 3.22. The first-order valence-corrected chi connectivity index (χ1v) is 12.4. The number of hydrogen-bond acceptors (Lipinski definition) is 6. The Morgan fingerprint density at radius 2 is 1.91 bits per heavy atom. The summed E-state index contributed by atoms with van der Waals surface area (Å²) in [4.78, 5) is 20.7. The number of fused-ring (bicyclic) bond motifs is 1. The molecule has 0 radical (unpaired) electrons. The molecule has 0 unspecified atom stereocenters. The summed E-state index contributed by atoms with van der Waals surface area (Å²) in [7, 11) is -3.37. The van der Waals surface area contributed by atoms with Crippen LogP contribution in [-0.4, -0.2) is 37.0 Å². The number of carbonyl (C=O) groups is 1. The number of para-hydroxylation sites is 1. The van der Waals surface area contributed by atoms with E-state index in [1.165, 1.54) is 12.1 Å². The summed E-state index contributed by atoms with van der Waals surface area (Å²) in [6.45, 7) is 2.22. The number of nitrogens with one attached hydrogen (secondary N) is 1. The van der Waals surface area contributed by atoms with Crippen molar-refractivity contribution in [1.82, 2.24) is 9.97 Å². The van der Waals surface area contributed by atoms with Crippen LogP contribution in [0.1, 0.15) is 28.4 Å². The van der Waals surface area contributed by atoms with Crippen molar-refractivity contribution < 1.29 is 22.7 Å². The topological polar surface area (TPSA) is 98.4 Å². The van der Waals surface area contributed by atoms with Crippen molar-refractivity contribution in [2.24, 2.45) is 0 Å². The zero-order valence-electron chi connectivity index (χ0n) is 18.0. The molecule has 9 heteroatoms. The Kier molecular flexibility index (Phi) is 6.40. The number of nitrogens with zero attached hydrogens (tertiary/aromatic N) is 1. The minimum atomic E-state index is -3.37. The fourth-order valence-corrected chi connectivity index (χ4v) is 4.37. The van der Waals surface area contributed by atoms with Crippen molar-refractivity contribution in [1.29, 1.82) is 0 Å². The molecule has 1 N–H and O–H groups in total. The van der Waals surface area contributed by atoms with Crippen LogP contribution in [0.2, 0.25) is 5.02 Å². The van der Waals surface area contributed by atoms with Crippen LogP contribution in [0.15, 0.2) is 65.8 Å². The molecule has 0 saturated heterocycles. The summed E-state index contributed by atoms with van der Waals surface area (Å²) in [5.74, 6) is 0.481. The Balaban J connectivity index is 1.65. The van der Waals surface area contributed by atoms with Crippen molar-refractivity contribution in [2.45, 2.75) is 18.4 Å². The second-order valence-corrected chi connectivity index (χ2v) is 9.73. The Hall–Kier alpha value is -3.36. The maximum atomic E-state index is 13.4. The molecule has 2 aromatic carbocycles. The SMILES string of the molecule is CCOc1c(OCc2ccc(S(C)(=O)=O)cc2Cl)cccc1C(=O)c1c[nH]c2ncccc12. The van der Waals surface area contributed by atoms with Gasteiger partial charge in [0.1, 0.15) is 12.3 Å². The number of H-pyrrole nitrogens is 1. The van der Waals surface area contributed by atoms with Crippen molar-refractivity contribution in [3.05, 3.63) is 82.6 Å². The molecule has 0 amide bonds. The Morgan fingerprint density at radius 3 is 2.64 bits per heavy atom. The smallest absolute Gasteiger partial charge is 0.199 e. The number of hydrogen-bond donors (Lipinski definition) is 1. The van der Waals surface area contributed by atoms with E-state index in [-0.39, 0.29) is 22.3 Å². The van der Waals surface area contributed by atoms with E-state index < -0.39 is 9.84 Å². The third-order valence-corrected chi connectivity index (χ3v) is 6.51. The number of halogens is 1. The maximum absolute atomic E-state index is 13.4. The van der Waals surface area contributed by atoms with Gasteiger partial charge in [-0.3, -0.25) is 4.79 Å². The molecule has 0 atom stereocenters. The van der Waals surface area contributed by atoms with Gasteiger partial charge < -0.3 is 14.5 Å². The quantitative estimate of drug-likeness (QED) is 0.360. The summed E-state index contributed by atoms with van der Waals surface area (Å²) < 4.78 is 35.2. The monoisotopic (exact) mass is 484 g/mol. The number of sulfone groups is 1. The van der Waals surface area contributed by atoms with Gasteiger partial charge in [-0.2, -0.15) is 0 Å². The molecular weight excluding hydrogens is 464 g/mol. The molecule has 0 fully saturated rings. The van der Waals surface area contributed by atoms with E-state index in [0.717, 1.165) is 6.26 Å². The second-order valence-electron chi connectivity index (χ2n) is 7.31. The van der Waals surface area contributed by atoms with Gasteiger partial charge in [0.05, 0.1) is 17.1 Å². The second kappa shape index (κ2) is 9.25. The largest absolute Gasteiger partial charge is 0.489 e. The van der Waals surface area contributed by atoms with Gasteiger partial charge in [0.2, 0.25) is 0 Å². The van der Waals surface area contributed by atoms with Crippen LogP contribution >= 0.6 is 11.6 Å². The molecule has 2 aromatic heterocycles. The summed E-state index contributed by atoms with van der Waals surface area (Å²) >= 11 is 6.27. The number of pyridine rings is 1. The number of ether oxygens (including phenoxy) is 2. The molecule has 0 aliphatic heterocycles. The number of aromatic amines is 1. The molecule has 2 heterocycles. The lowest BCUT2D eigenvalue weighted by atomic mass is 10.0. The van der Waals surface area contributed by atoms with Gasteiger partial charge in [0.15, 0.2) is 27.1 Å². The van der Waals surface area contributed by atoms with Crippen LogP contribution in [0.5, 0.6) is 11.5 Å². The van der Waals surface area contributed by atoms with E-state index in [1.807, 2.05) is 13.0 Å². The third-order valence-electron chi connectivity index (χ3n) is 5.04. The fraction of sp³-hybridized carbons (Fsp3) is 0.167. The van der Waals surface area contributed by atoms with Gasteiger partial charge in [0.25, 0.3) is 0 Å². The summed E-state index contributed by atoms with van der Waals surface area (Å²) in [5, 5.41) is 0.989. The summed E-state index contributed by atoms with van der Waals surface area (Å²) in [5.41, 5.74) is 2.07. The van der Waals surface area contributed by atoms with E-state index in [0.29, 0.717) is 45.8 Å². The Labute approximate surface area is 196 Å². The summed E-state index contributed by atoms with van der Waals surface area (Å²) in [6.07, 6.45) is 4.41. The predicted molar refractivity (Wildman–Crippen MR) is 126 cm³/mol. The lowest BCUT2D eigenvalue weighted by molar-refractivity contribution is 0.103. The molecule has 33 heavy (non-hydrogen) atoms. The highest BCUT2D eigenvalue weighted by molar-refractivity contribution is 7.90. The summed E-state index contributed by atoms with van der Waals surface area (Å²) in [6, 6.07) is 13.2. The molecule has 4 rings (SSSR count). The van der Waals surface area contributed by atoms with Crippen LogP contribution in [0, 0.1) is 0 Å². The van der Waals surface area contributed by atoms with Crippen LogP contribution < -0.4 is 9.47 Å². The van der Waals surface area contributed by atoms with Crippen molar-refractivity contribution in [2.75, 3.05) is 12.9 Å². The number of rotatable bonds is 8. The fourth-order valence-electron chi connectivity index (χ4n) is 3.42. The van der Waals surface area contributed by atoms with Crippen LogP contribution in [-0.2, 0) is 16.4 Å². The van der Waals surface area contributed by atoms with Crippen molar-refractivity contribution in [3.8, 4) is 11.5 Å². The van der Waals surface area contributed by atoms with Gasteiger partial charge in [-0.05, 0) is 43.3 Å². The van der Waals surface area contributed by atoms with Gasteiger partial charge in [-0.25, -0.2) is 13.4 Å². The first-order valence-electron chi connectivity index (χ1n) is 10.1. The zero-order valence-corrected chi connectivity index (χ0v) is 19.5. The van der Waals surface area contributed by atoms with Gasteiger partial charge in [-0.15, -0.1) is 0 Å². The van der Waals surface area contributed by atoms with Gasteiger partial charge in [0, 0.05) is 40.2 Å². The van der Waals surface area contributed by atoms with E-state index >= 15 is 0 Å². The van der Waals surface area contributed by atoms with E-state index in [9.17, 15) is 13.2 Å². The normalized spacial score (nSPS) is 11.5. The lowest BCUT2D eigenvalue weighted by Gasteiger charge is -2.16. The maximum Gasteiger partial charge on any atom is 0.199 e. The first-order chi connectivity index (χ1) is 15.8. The predicted octanol–water partition coefficient (Wildman–Crippen LogP) is 4.83. The van der Waals surface area contributed by atoms with Gasteiger partial charge >= 0.3 is 0 Å². The average molecular weight is 485 g/mol. The number of aromatic nitrogens is 2. The highest BCUT2D eigenvalue weighted by Crippen LogP contribution is 2.35. The Bertz CT molecular complexity index is 1450. The van der Waals surface area contributed by atoms with Crippen LogP contribution in [0.3, 0.4) is 0 Å². The first kappa shape index (κ1) is 22.8. The number of ketones is 1. The molecule has 0 bridgehead atoms. The van der Waals surface area contributed by atoms with Crippen LogP contribution in [0.4, 0.5) is 0 Å². The van der Waals surface area contributed by atoms with Gasteiger partial charge in [-0.1, -0.05) is 23.7 Å². The molecule has 0 spiro atoms. The highest BCUT2D eigenvalue weighted by atomic mass is 35.5.